The summed E-state index contributed by atoms with van der Waals surface area (Å²) in [6, 6.07) is 0.170. The molecule has 0 amide bonds. The maximum absolute atomic E-state index is 11.9. The molecule has 0 aromatic carbocycles. The van der Waals surface area contributed by atoms with E-state index in [-0.39, 0.29) is 30.0 Å². The highest BCUT2D eigenvalue weighted by Gasteiger charge is 2.45. The molecule has 0 N–H and O–H groups in total. The first-order valence-corrected chi connectivity index (χ1v) is 8.28. The Balaban J connectivity index is 1.92. The standard InChI is InChI=1S/C18H27NO4/c1-12(2)9-16(20)22-11-14-5-7-19-8-6-15(18(14)19)23-17(21)10-13(3)4/h9-10,14-15,18H,5-8,11H2,1-4H3. The van der Waals surface area contributed by atoms with Crippen molar-refractivity contribution in [2.75, 3.05) is 19.7 Å². The molecule has 0 spiro atoms. The van der Waals surface area contributed by atoms with Gasteiger partial charge in [-0.1, -0.05) is 11.1 Å². The Morgan fingerprint density at radius 2 is 1.61 bits per heavy atom. The largest absolute Gasteiger partial charge is 0.462 e. The van der Waals surface area contributed by atoms with Crippen LogP contribution in [0.25, 0.3) is 0 Å². The van der Waals surface area contributed by atoms with Gasteiger partial charge in [-0.15, -0.1) is 0 Å². The second-order valence-electron chi connectivity index (χ2n) is 6.91. The maximum Gasteiger partial charge on any atom is 0.331 e. The van der Waals surface area contributed by atoms with Crippen LogP contribution in [0, 0.1) is 5.92 Å². The molecule has 5 nitrogen and oxygen atoms in total. The fourth-order valence-corrected chi connectivity index (χ4v) is 3.41. The average Bonchev–Trinajstić information content (AvgIpc) is 2.98. The molecule has 0 saturated carbocycles. The van der Waals surface area contributed by atoms with Gasteiger partial charge in [0, 0.05) is 24.6 Å². The minimum absolute atomic E-state index is 0.104. The normalized spacial score (nSPS) is 26.3. The van der Waals surface area contributed by atoms with Gasteiger partial charge in [0.05, 0.1) is 12.6 Å². The summed E-state index contributed by atoms with van der Waals surface area (Å²) in [7, 11) is 0. The number of carbonyl (C=O) groups is 2. The molecule has 3 unspecified atom stereocenters. The molecule has 2 fully saturated rings. The number of carbonyl (C=O) groups excluding carboxylic acids is 2. The first-order chi connectivity index (χ1) is 10.9. The van der Waals surface area contributed by atoms with Crippen molar-refractivity contribution in [3.8, 4) is 0 Å². The number of hydrogen-bond donors (Lipinski definition) is 0. The van der Waals surface area contributed by atoms with Crippen LogP contribution in [0.1, 0.15) is 40.5 Å². The molecule has 2 saturated heterocycles. The van der Waals surface area contributed by atoms with Gasteiger partial charge in [-0.3, -0.25) is 4.90 Å². The zero-order chi connectivity index (χ0) is 17.0. The minimum Gasteiger partial charge on any atom is -0.462 e. The van der Waals surface area contributed by atoms with Crippen molar-refractivity contribution in [2.45, 2.75) is 52.7 Å². The van der Waals surface area contributed by atoms with Gasteiger partial charge in [0.2, 0.25) is 0 Å². The smallest absolute Gasteiger partial charge is 0.331 e. The molecule has 3 atom stereocenters. The first-order valence-electron chi connectivity index (χ1n) is 8.28. The van der Waals surface area contributed by atoms with E-state index in [0.29, 0.717) is 6.61 Å². The second-order valence-corrected chi connectivity index (χ2v) is 6.91. The molecule has 2 aliphatic heterocycles. The third kappa shape index (κ3) is 4.93. The van der Waals surface area contributed by atoms with Crippen LogP contribution in [0.5, 0.6) is 0 Å². The van der Waals surface area contributed by atoms with E-state index in [0.717, 1.165) is 37.1 Å². The fourth-order valence-electron chi connectivity index (χ4n) is 3.41. The second kappa shape index (κ2) is 7.77. The molecular weight excluding hydrogens is 294 g/mol. The molecular formula is C18H27NO4. The van der Waals surface area contributed by atoms with E-state index in [2.05, 4.69) is 4.90 Å². The molecule has 0 aromatic heterocycles. The highest BCUT2D eigenvalue weighted by molar-refractivity contribution is 5.83. The van der Waals surface area contributed by atoms with E-state index in [9.17, 15) is 9.59 Å². The number of hydrogen-bond acceptors (Lipinski definition) is 5. The van der Waals surface area contributed by atoms with Crippen molar-refractivity contribution in [2.24, 2.45) is 5.92 Å². The third-order valence-corrected chi connectivity index (χ3v) is 4.29. The molecule has 23 heavy (non-hydrogen) atoms. The zero-order valence-corrected chi connectivity index (χ0v) is 14.5. The van der Waals surface area contributed by atoms with E-state index in [1.807, 2.05) is 27.7 Å². The van der Waals surface area contributed by atoms with Crippen molar-refractivity contribution in [3.63, 3.8) is 0 Å². The van der Waals surface area contributed by atoms with Gasteiger partial charge >= 0.3 is 11.9 Å². The van der Waals surface area contributed by atoms with Crippen LogP contribution in [0.4, 0.5) is 0 Å². The third-order valence-electron chi connectivity index (χ3n) is 4.29. The Labute approximate surface area is 138 Å². The first kappa shape index (κ1) is 17.7. The van der Waals surface area contributed by atoms with E-state index in [1.54, 1.807) is 0 Å². The molecule has 2 rings (SSSR count). The number of allylic oxidation sites excluding steroid dienone is 2. The Hall–Kier alpha value is -1.62. The Kier molecular flexibility index (Phi) is 5.99. The van der Waals surface area contributed by atoms with Crippen molar-refractivity contribution >= 4 is 11.9 Å². The van der Waals surface area contributed by atoms with E-state index in [4.69, 9.17) is 9.47 Å². The van der Waals surface area contributed by atoms with Gasteiger partial charge in [-0.2, -0.15) is 0 Å². The molecule has 0 aromatic rings. The summed E-state index contributed by atoms with van der Waals surface area (Å²) in [5, 5.41) is 0. The predicted octanol–water partition coefficient (Wildman–Crippen LogP) is 2.47. The lowest BCUT2D eigenvalue weighted by atomic mass is 9.97. The topological polar surface area (TPSA) is 55.8 Å². The summed E-state index contributed by atoms with van der Waals surface area (Å²) in [5.74, 6) is -0.333. The Bertz CT molecular complexity index is 515. The summed E-state index contributed by atoms with van der Waals surface area (Å²) >= 11 is 0. The predicted molar refractivity (Wildman–Crippen MR) is 87.8 cm³/mol. The molecule has 128 valence electrons. The van der Waals surface area contributed by atoms with Crippen LogP contribution in [-0.4, -0.2) is 48.7 Å². The van der Waals surface area contributed by atoms with Crippen molar-refractivity contribution in [1.82, 2.24) is 4.90 Å². The van der Waals surface area contributed by atoms with Gasteiger partial charge < -0.3 is 9.47 Å². The van der Waals surface area contributed by atoms with Crippen LogP contribution >= 0.6 is 0 Å². The van der Waals surface area contributed by atoms with E-state index < -0.39 is 0 Å². The number of fused-ring (bicyclic) bond motifs is 1. The van der Waals surface area contributed by atoms with Gasteiger partial charge in [0.15, 0.2) is 0 Å². The molecule has 0 aliphatic carbocycles. The molecule has 5 heteroatoms. The summed E-state index contributed by atoms with van der Waals surface area (Å²) in [6.07, 6.45) is 4.76. The summed E-state index contributed by atoms with van der Waals surface area (Å²) < 4.78 is 11.0. The minimum atomic E-state index is -0.292. The van der Waals surface area contributed by atoms with Crippen LogP contribution in [-0.2, 0) is 19.1 Å². The van der Waals surface area contributed by atoms with Gasteiger partial charge in [0.25, 0.3) is 0 Å². The number of rotatable bonds is 5. The number of esters is 2. The lowest BCUT2D eigenvalue weighted by Crippen LogP contribution is -2.38. The van der Waals surface area contributed by atoms with Crippen molar-refractivity contribution in [3.05, 3.63) is 23.3 Å². The van der Waals surface area contributed by atoms with Crippen LogP contribution < -0.4 is 0 Å². The molecule has 2 aliphatic rings. The summed E-state index contributed by atoms with van der Waals surface area (Å²) in [5.41, 5.74) is 1.86. The van der Waals surface area contributed by atoms with Crippen LogP contribution in [0.15, 0.2) is 23.3 Å². The van der Waals surface area contributed by atoms with E-state index in [1.165, 1.54) is 12.2 Å². The van der Waals surface area contributed by atoms with Crippen LogP contribution in [0.2, 0.25) is 0 Å². The highest BCUT2D eigenvalue weighted by atomic mass is 16.5. The van der Waals surface area contributed by atoms with Gasteiger partial charge in [0.1, 0.15) is 6.10 Å². The lowest BCUT2D eigenvalue weighted by Gasteiger charge is -2.25. The molecule has 2 heterocycles. The molecule has 0 bridgehead atoms. The monoisotopic (exact) mass is 321 g/mol. The van der Waals surface area contributed by atoms with Crippen molar-refractivity contribution < 1.29 is 19.1 Å². The zero-order valence-electron chi connectivity index (χ0n) is 14.5. The van der Waals surface area contributed by atoms with Crippen LogP contribution in [0.3, 0.4) is 0 Å². The van der Waals surface area contributed by atoms with Crippen molar-refractivity contribution in [1.29, 1.82) is 0 Å². The molecule has 0 radical (unpaired) electrons. The number of nitrogens with zero attached hydrogens (tertiary/aromatic N) is 1. The SMILES string of the molecule is CC(C)=CC(=O)OCC1CCN2CCC(OC(=O)C=C(C)C)C12. The fraction of sp³-hybridized carbons (Fsp3) is 0.667. The van der Waals surface area contributed by atoms with E-state index >= 15 is 0 Å². The summed E-state index contributed by atoms with van der Waals surface area (Å²) in [6.45, 7) is 9.80. The Morgan fingerprint density at radius 1 is 1.00 bits per heavy atom. The van der Waals surface area contributed by atoms with Gasteiger partial charge in [-0.05, 0) is 47.1 Å². The average molecular weight is 321 g/mol. The maximum atomic E-state index is 11.9. The Morgan fingerprint density at radius 3 is 2.26 bits per heavy atom. The van der Waals surface area contributed by atoms with Gasteiger partial charge in [-0.25, -0.2) is 9.59 Å². The summed E-state index contributed by atoms with van der Waals surface area (Å²) in [4.78, 5) is 25.9. The highest BCUT2D eigenvalue weighted by Crippen LogP contribution is 2.35. The lowest BCUT2D eigenvalue weighted by molar-refractivity contribution is -0.146. The quantitative estimate of drug-likeness (QED) is 0.575. The number of ether oxygens (including phenoxy) is 2.